The number of carbonyl (C=O) groups excluding carboxylic acids is 2. The molecule has 2 amide bonds. The monoisotopic (exact) mass is 494 g/mol. The zero-order chi connectivity index (χ0) is 26.1. The normalized spacial score (nSPS) is 27.7. The van der Waals surface area contributed by atoms with Crippen molar-refractivity contribution in [3.8, 4) is 0 Å². The highest BCUT2D eigenvalue weighted by atomic mass is 16.6. The molecule has 36 heavy (non-hydrogen) atoms. The minimum absolute atomic E-state index is 0.0293. The van der Waals surface area contributed by atoms with E-state index in [1.807, 2.05) is 64.1 Å². The number of carbonyl (C=O) groups is 2. The van der Waals surface area contributed by atoms with Gasteiger partial charge in [-0.1, -0.05) is 36.4 Å². The predicted molar refractivity (Wildman–Crippen MR) is 142 cm³/mol. The molecule has 8 nitrogen and oxygen atoms in total. The Hall–Kier alpha value is -2.78. The van der Waals surface area contributed by atoms with Crippen molar-refractivity contribution in [2.75, 3.05) is 36.8 Å². The molecular weight excluding hydrogens is 456 g/mol. The first kappa shape index (κ1) is 26.3. The Bertz CT molecular complexity index is 1020. The average Bonchev–Trinajstić information content (AvgIpc) is 3.41. The number of amides is 2. The second kappa shape index (κ2) is 10.3. The van der Waals surface area contributed by atoms with Gasteiger partial charge in [-0.3, -0.25) is 9.59 Å². The number of para-hydroxylation sites is 2. The van der Waals surface area contributed by atoms with Gasteiger partial charge in [0.1, 0.15) is 13.1 Å². The Morgan fingerprint density at radius 3 is 1.39 bits per heavy atom. The highest BCUT2D eigenvalue weighted by molar-refractivity contribution is 5.96. The lowest BCUT2D eigenvalue weighted by atomic mass is 10.1. The first-order chi connectivity index (χ1) is 17.0. The number of quaternary nitrogens is 2. The van der Waals surface area contributed by atoms with Gasteiger partial charge in [0.05, 0.1) is 13.1 Å². The molecule has 8 heteroatoms. The maximum atomic E-state index is 13.8. The van der Waals surface area contributed by atoms with E-state index < -0.39 is 21.4 Å². The second-order valence-electron chi connectivity index (χ2n) is 10.6. The molecule has 2 aliphatic rings. The molecule has 4 rings (SSSR count). The van der Waals surface area contributed by atoms with E-state index in [9.17, 15) is 20.0 Å². The molecule has 0 aromatic heterocycles. The molecule has 0 radical (unpaired) electrons. The number of likely N-dealkylation sites (tertiary alicyclic amines) is 2. The summed E-state index contributed by atoms with van der Waals surface area (Å²) in [4.78, 5) is 26.4. The minimum Gasteiger partial charge on any atom is -0.632 e. The molecule has 194 valence electrons. The van der Waals surface area contributed by atoms with E-state index in [2.05, 4.69) is 10.6 Å². The molecule has 2 unspecified atom stereocenters. The van der Waals surface area contributed by atoms with E-state index >= 15 is 0 Å². The highest BCUT2D eigenvalue weighted by Gasteiger charge is 2.45. The Morgan fingerprint density at radius 1 is 0.722 bits per heavy atom. The van der Waals surface area contributed by atoms with Crippen LogP contribution in [0.25, 0.3) is 0 Å². The molecule has 2 saturated heterocycles. The van der Waals surface area contributed by atoms with Gasteiger partial charge in [-0.25, -0.2) is 0 Å². The van der Waals surface area contributed by atoms with E-state index in [0.717, 1.165) is 33.6 Å². The van der Waals surface area contributed by atoms with Crippen LogP contribution in [-0.2, 0) is 9.59 Å². The number of nitrogens with zero attached hydrogens (tertiary/aromatic N) is 2. The lowest BCUT2D eigenvalue weighted by Crippen LogP contribution is -2.60. The van der Waals surface area contributed by atoms with Gasteiger partial charge in [0.25, 0.3) is 11.8 Å². The number of rotatable bonds is 7. The fourth-order valence-corrected chi connectivity index (χ4v) is 5.89. The van der Waals surface area contributed by atoms with Crippen LogP contribution >= 0.6 is 0 Å². The molecule has 0 spiro atoms. The van der Waals surface area contributed by atoms with Crippen LogP contribution in [0.1, 0.15) is 47.9 Å². The molecule has 0 saturated carbocycles. The Kier molecular flexibility index (Phi) is 7.52. The number of hydrogen-bond acceptors (Lipinski definition) is 4. The van der Waals surface area contributed by atoms with Crippen molar-refractivity contribution < 1.29 is 18.9 Å². The fraction of sp³-hybridized carbons (Fsp3) is 0.500. The second-order valence-corrected chi connectivity index (χ2v) is 10.6. The van der Waals surface area contributed by atoms with Crippen molar-refractivity contribution in [3.05, 3.63) is 69.1 Å². The summed E-state index contributed by atoms with van der Waals surface area (Å²) in [6.07, 6.45) is 2.28. The van der Waals surface area contributed by atoms with Gasteiger partial charge in [-0.15, -0.1) is 0 Å². The molecule has 0 aliphatic carbocycles. The first-order valence-corrected chi connectivity index (χ1v) is 12.9. The van der Waals surface area contributed by atoms with Crippen molar-refractivity contribution in [3.63, 3.8) is 0 Å². The van der Waals surface area contributed by atoms with Gasteiger partial charge in [0, 0.05) is 37.1 Å². The maximum absolute atomic E-state index is 13.8. The van der Waals surface area contributed by atoms with Crippen LogP contribution in [0.3, 0.4) is 0 Å². The van der Waals surface area contributed by atoms with Gasteiger partial charge < -0.3 is 30.3 Å². The van der Waals surface area contributed by atoms with Crippen LogP contribution in [0.15, 0.2) is 36.4 Å². The zero-order valence-corrected chi connectivity index (χ0v) is 21.8. The van der Waals surface area contributed by atoms with Crippen molar-refractivity contribution in [2.45, 2.75) is 65.5 Å². The molecule has 4 atom stereocenters. The molecule has 2 aliphatic heterocycles. The molecule has 2 N–H and O–H groups in total. The van der Waals surface area contributed by atoms with E-state index in [-0.39, 0.29) is 24.9 Å². The summed E-state index contributed by atoms with van der Waals surface area (Å²) in [6, 6.07) is 10.1. The lowest BCUT2D eigenvalue weighted by Gasteiger charge is -2.49. The minimum atomic E-state index is -0.750. The SMILES string of the molecule is Cc1cccc(C)c1NC(=O)[C@@H]1CCC[N+]1([O-])CC[N+]1([O-])CCC[C@H]1C(=O)Nc1c(C)cccc1C. The van der Waals surface area contributed by atoms with Crippen LogP contribution in [0.4, 0.5) is 11.4 Å². The van der Waals surface area contributed by atoms with Crippen molar-refractivity contribution in [1.29, 1.82) is 0 Å². The number of hydrogen-bond donors (Lipinski definition) is 2. The van der Waals surface area contributed by atoms with Gasteiger partial charge in [0.15, 0.2) is 12.1 Å². The first-order valence-electron chi connectivity index (χ1n) is 12.9. The summed E-state index contributed by atoms with van der Waals surface area (Å²) >= 11 is 0. The molecule has 2 aromatic rings. The molecular formula is C28H38N4O4. The smallest absolute Gasteiger partial charge is 0.283 e. The number of benzene rings is 2. The molecule has 2 heterocycles. The number of aryl methyl sites for hydroxylation is 4. The van der Waals surface area contributed by atoms with Gasteiger partial charge in [0.2, 0.25) is 0 Å². The van der Waals surface area contributed by atoms with Crippen molar-refractivity contribution in [1.82, 2.24) is 0 Å². The third-order valence-electron chi connectivity index (χ3n) is 8.09. The number of anilines is 2. The Morgan fingerprint density at radius 2 is 1.06 bits per heavy atom. The van der Waals surface area contributed by atoms with Crippen molar-refractivity contribution in [2.24, 2.45) is 0 Å². The Balaban J connectivity index is 1.44. The third-order valence-corrected chi connectivity index (χ3v) is 8.09. The van der Waals surface area contributed by atoms with Crippen molar-refractivity contribution >= 4 is 23.2 Å². The topological polar surface area (TPSA) is 104 Å². The fourth-order valence-electron chi connectivity index (χ4n) is 5.89. The highest BCUT2D eigenvalue weighted by Crippen LogP contribution is 2.32. The lowest BCUT2D eigenvalue weighted by molar-refractivity contribution is -0.938. The quantitative estimate of drug-likeness (QED) is 0.438. The summed E-state index contributed by atoms with van der Waals surface area (Å²) < 4.78 is -1.41. The summed E-state index contributed by atoms with van der Waals surface area (Å²) in [5.74, 6) is -0.578. The average molecular weight is 495 g/mol. The predicted octanol–water partition coefficient (Wildman–Crippen LogP) is 4.45. The number of hydroxylamine groups is 6. The summed E-state index contributed by atoms with van der Waals surface area (Å²) in [5.41, 5.74) is 5.29. The van der Waals surface area contributed by atoms with E-state index in [1.165, 1.54) is 0 Å². The molecule has 2 aromatic carbocycles. The maximum Gasteiger partial charge on any atom is 0.283 e. The molecule has 0 bridgehead atoms. The number of nitrogens with one attached hydrogen (secondary N) is 2. The van der Waals surface area contributed by atoms with E-state index in [4.69, 9.17) is 0 Å². The van der Waals surface area contributed by atoms with E-state index in [0.29, 0.717) is 38.8 Å². The van der Waals surface area contributed by atoms with Crippen LogP contribution in [0.2, 0.25) is 0 Å². The Labute approximate surface area is 213 Å². The molecule has 2 fully saturated rings. The standard InChI is InChI=1S/C28H38N4O4/c1-19-9-5-10-20(2)25(19)29-27(33)23-13-7-15-31(23,35)17-18-32(36)16-8-14-24(32)28(34)30-26-21(3)11-6-12-22(26)4/h5-6,9-12,23-24H,7-8,13-18H2,1-4H3,(H,29,33)(H,30,34)/t23-,24-,31?,32?/m0/s1. The largest absolute Gasteiger partial charge is 0.632 e. The summed E-state index contributed by atoms with van der Waals surface area (Å²) in [5, 5.41) is 33.6. The summed E-state index contributed by atoms with van der Waals surface area (Å²) in [6.45, 7) is 8.40. The van der Waals surface area contributed by atoms with Gasteiger partial charge in [-0.05, 0) is 49.9 Å². The van der Waals surface area contributed by atoms with Crippen LogP contribution in [0.5, 0.6) is 0 Å². The van der Waals surface area contributed by atoms with Crippen LogP contribution < -0.4 is 10.6 Å². The van der Waals surface area contributed by atoms with E-state index in [1.54, 1.807) is 0 Å². The van der Waals surface area contributed by atoms with Crippen LogP contribution in [0, 0.1) is 38.1 Å². The third kappa shape index (κ3) is 5.18. The van der Waals surface area contributed by atoms with Gasteiger partial charge in [-0.2, -0.15) is 0 Å². The van der Waals surface area contributed by atoms with Crippen LogP contribution in [-0.4, -0.2) is 59.4 Å². The zero-order valence-electron chi connectivity index (χ0n) is 21.8. The summed E-state index contributed by atoms with van der Waals surface area (Å²) in [7, 11) is 0. The van der Waals surface area contributed by atoms with Gasteiger partial charge >= 0.3 is 0 Å².